The topological polar surface area (TPSA) is 56.3 Å². The molecular formula is C20H21N3O2S. The lowest BCUT2D eigenvalue weighted by Gasteiger charge is -2.18. The maximum Gasteiger partial charge on any atom is 0.163 e. The van der Waals surface area contributed by atoms with Crippen LogP contribution in [0.2, 0.25) is 0 Å². The summed E-state index contributed by atoms with van der Waals surface area (Å²) in [5, 5.41) is 4.67. The number of nitrogens with one attached hydrogen (secondary N) is 1. The molecular weight excluding hydrogens is 346 g/mol. The van der Waals surface area contributed by atoms with Crippen LogP contribution in [0, 0.1) is 5.92 Å². The number of nitrogens with zero attached hydrogens (tertiary/aromatic N) is 2. The van der Waals surface area contributed by atoms with Gasteiger partial charge < -0.3 is 14.8 Å². The third-order valence-corrected chi connectivity index (χ3v) is 6.26. The number of benzene rings is 1. The van der Waals surface area contributed by atoms with Crippen LogP contribution in [0.4, 0.5) is 11.5 Å². The van der Waals surface area contributed by atoms with Crippen molar-refractivity contribution in [2.24, 2.45) is 5.92 Å². The van der Waals surface area contributed by atoms with Crippen molar-refractivity contribution in [1.82, 2.24) is 9.97 Å². The molecule has 26 heavy (non-hydrogen) atoms. The van der Waals surface area contributed by atoms with E-state index in [4.69, 9.17) is 9.47 Å². The van der Waals surface area contributed by atoms with Crippen molar-refractivity contribution in [3.05, 3.63) is 35.0 Å². The van der Waals surface area contributed by atoms with Crippen molar-refractivity contribution in [2.45, 2.75) is 32.6 Å². The molecule has 0 spiro atoms. The monoisotopic (exact) mass is 367 g/mol. The van der Waals surface area contributed by atoms with E-state index < -0.39 is 0 Å². The number of thiophene rings is 1. The number of aryl methyl sites for hydroxylation is 1. The summed E-state index contributed by atoms with van der Waals surface area (Å²) >= 11 is 1.82. The van der Waals surface area contributed by atoms with Crippen molar-refractivity contribution in [2.75, 3.05) is 18.5 Å². The van der Waals surface area contributed by atoms with Crippen LogP contribution in [0.15, 0.2) is 24.5 Å². The van der Waals surface area contributed by atoms with Crippen molar-refractivity contribution in [3.63, 3.8) is 0 Å². The fourth-order valence-corrected chi connectivity index (χ4v) is 5.10. The average molecular weight is 367 g/mol. The molecule has 5 rings (SSSR count). The predicted molar refractivity (Wildman–Crippen MR) is 104 cm³/mol. The van der Waals surface area contributed by atoms with E-state index in [-0.39, 0.29) is 0 Å². The van der Waals surface area contributed by atoms with Crippen molar-refractivity contribution < 1.29 is 9.47 Å². The van der Waals surface area contributed by atoms with Crippen molar-refractivity contribution in [1.29, 1.82) is 0 Å². The van der Waals surface area contributed by atoms with Crippen LogP contribution in [0.3, 0.4) is 0 Å². The SMILES string of the molecule is C[C@H]1CCc2c(sc3ncnc(Nc4ccc5c(c4)OCCCO5)c23)C1. The number of ether oxygens (including phenoxy) is 2. The first-order valence-corrected chi connectivity index (χ1v) is 10.0. The molecule has 0 radical (unpaired) electrons. The Morgan fingerprint density at radius 1 is 1.15 bits per heavy atom. The van der Waals surface area contributed by atoms with Crippen LogP contribution in [0.25, 0.3) is 10.2 Å². The van der Waals surface area contributed by atoms with Gasteiger partial charge in [0.25, 0.3) is 0 Å². The summed E-state index contributed by atoms with van der Waals surface area (Å²) in [7, 11) is 0. The molecule has 0 bridgehead atoms. The maximum atomic E-state index is 5.81. The van der Waals surface area contributed by atoms with Gasteiger partial charge in [0.15, 0.2) is 11.5 Å². The minimum Gasteiger partial charge on any atom is -0.490 e. The molecule has 5 nitrogen and oxygen atoms in total. The van der Waals surface area contributed by atoms with Gasteiger partial charge in [-0.05, 0) is 42.9 Å². The molecule has 0 saturated carbocycles. The minimum absolute atomic E-state index is 0.685. The van der Waals surface area contributed by atoms with Crippen LogP contribution >= 0.6 is 11.3 Å². The van der Waals surface area contributed by atoms with E-state index in [1.54, 1.807) is 6.33 Å². The molecule has 1 atom stereocenters. The molecule has 0 amide bonds. The van der Waals surface area contributed by atoms with E-state index >= 15 is 0 Å². The van der Waals surface area contributed by atoms with Gasteiger partial charge in [-0.3, -0.25) is 0 Å². The standard InChI is InChI=1S/C20H21N3O2S/c1-12-3-5-14-17(9-12)26-20-18(14)19(21-11-22-20)23-13-4-6-15-16(10-13)25-8-2-7-24-15/h4,6,10-12H,2-3,5,7-9H2,1H3,(H,21,22,23)/t12-/m0/s1. The summed E-state index contributed by atoms with van der Waals surface area (Å²) < 4.78 is 11.5. The Labute approximate surface area is 156 Å². The van der Waals surface area contributed by atoms with Crippen LogP contribution in [0.5, 0.6) is 11.5 Å². The highest BCUT2D eigenvalue weighted by Gasteiger charge is 2.23. The van der Waals surface area contributed by atoms with Gasteiger partial charge in [0, 0.05) is 23.1 Å². The summed E-state index contributed by atoms with van der Waals surface area (Å²) in [5.41, 5.74) is 2.39. The highest BCUT2D eigenvalue weighted by atomic mass is 32.1. The quantitative estimate of drug-likeness (QED) is 0.710. The van der Waals surface area contributed by atoms with Gasteiger partial charge in [0.2, 0.25) is 0 Å². The lowest BCUT2D eigenvalue weighted by molar-refractivity contribution is 0.297. The van der Waals surface area contributed by atoms with Gasteiger partial charge in [-0.2, -0.15) is 0 Å². The van der Waals surface area contributed by atoms with Crippen molar-refractivity contribution >= 4 is 33.1 Å². The van der Waals surface area contributed by atoms with Crippen LogP contribution in [0.1, 0.15) is 30.2 Å². The third kappa shape index (κ3) is 2.78. The first-order chi connectivity index (χ1) is 12.8. The Morgan fingerprint density at radius 3 is 2.96 bits per heavy atom. The molecule has 2 aliphatic rings. The Morgan fingerprint density at radius 2 is 2.04 bits per heavy atom. The summed E-state index contributed by atoms with van der Waals surface area (Å²) in [6.07, 6.45) is 6.05. The number of hydrogen-bond donors (Lipinski definition) is 1. The van der Waals surface area contributed by atoms with E-state index in [0.29, 0.717) is 13.2 Å². The van der Waals surface area contributed by atoms with E-state index in [0.717, 1.165) is 53.0 Å². The van der Waals surface area contributed by atoms with Gasteiger partial charge in [-0.15, -0.1) is 11.3 Å². The number of fused-ring (bicyclic) bond motifs is 4. The summed E-state index contributed by atoms with van der Waals surface area (Å²) in [4.78, 5) is 11.6. The molecule has 3 aromatic rings. The fourth-order valence-electron chi connectivity index (χ4n) is 3.75. The third-order valence-electron chi connectivity index (χ3n) is 5.10. The summed E-state index contributed by atoms with van der Waals surface area (Å²) in [6.45, 7) is 3.71. The molecule has 134 valence electrons. The fraction of sp³-hybridized carbons (Fsp3) is 0.400. The van der Waals surface area contributed by atoms with E-state index in [2.05, 4.69) is 22.2 Å². The molecule has 0 fully saturated rings. The second-order valence-corrected chi connectivity index (χ2v) is 8.17. The summed E-state index contributed by atoms with van der Waals surface area (Å²) in [6, 6.07) is 5.98. The zero-order chi connectivity index (χ0) is 17.5. The number of anilines is 2. The largest absolute Gasteiger partial charge is 0.490 e. The summed E-state index contributed by atoms with van der Waals surface area (Å²) in [5.74, 6) is 3.24. The Kier molecular flexibility index (Phi) is 3.93. The Hall–Kier alpha value is -2.34. The maximum absolute atomic E-state index is 5.81. The predicted octanol–water partition coefficient (Wildman–Crippen LogP) is 4.72. The van der Waals surface area contributed by atoms with Gasteiger partial charge in [0.1, 0.15) is 17.0 Å². The zero-order valence-corrected chi connectivity index (χ0v) is 15.6. The van der Waals surface area contributed by atoms with Gasteiger partial charge in [-0.25, -0.2) is 9.97 Å². The number of aromatic nitrogens is 2. The molecule has 0 saturated heterocycles. The lowest BCUT2D eigenvalue weighted by Crippen LogP contribution is -2.09. The molecule has 1 N–H and O–H groups in total. The molecule has 0 unspecified atom stereocenters. The van der Waals surface area contributed by atoms with Gasteiger partial charge in [0.05, 0.1) is 18.6 Å². The second-order valence-electron chi connectivity index (χ2n) is 7.09. The first kappa shape index (κ1) is 15.9. The van der Waals surface area contributed by atoms with Gasteiger partial charge in [-0.1, -0.05) is 6.92 Å². The molecule has 3 heterocycles. The minimum atomic E-state index is 0.685. The molecule has 6 heteroatoms. The van der Waals surface area contributed by atoms with Crippen LogP contribution < -0.4 is 14.8 Å². The van der Waals surface area contributed by atoms with Crippen LogP contribution in [-0.4, -0.2) is 23.2 Å². The molecule has 1 aromatic carbocycles. The van der Waals surface area contributed by atoms with E-state index in [9.17, 15) is 0 Å². The number of hydrogen-bond acceptors (Lipinski definition) is 6. The lowest BCUT2D eigenvalue weighted by atomic mass is 9.89. The Balaban J connectivity index is 1.53. The molecule has 1 aliphatic carbocycles. The second kappa shape index (κ2) is 6.43. The van der Waals surface area contributed by atoms with Crippen LogP contribution in [-0.2, 0) is 12.8 Å². The van der Waals surface area contributed by atoms with Gasteiger partial charge >= 0.3 is 0 Å². The molecule has 2 aromatic heterocycles. The Bertz CT molecular complexity index is 969. The highest BCUT2D eigenvalue weighted by Crippen LogP contribution is 2.41. The molecule has 1 aliphatic heterocycles. The number of rotatable bonds is 2. The first-order valence-electron chi connectivity index (χ1n) is 9.20. The highest BCUT2D eigenvalue weighted by molar-refractivity contribution is 7.19. The van der Waals surface area contributed by atoms with Crippen molar-refractivity contribution in [3.8, 4) is 11.5 Å². The zero-order valence-electron chi connectivity index (χ0n) is 14.7. The van der Waals surface area contributed by atoms with E-state index in [1.807, 2.05) is 29.5 Å². The average Bonchev–Trinajstić information content (AvgIpc) is 2.84. The normalized spacial score (nSPS) is 19.0. The van der Waals surface area contributed by atoms with E-state index in [1.165, 1.54) is 22.2 Å². The smallest absolute Gasteiger partial charge is 0.163 e.